The van der Waals surface area contributed by atoms with Gasteiger partial charge in [-0.25, -0.2) is 4.79 Å². The second-order valence-corrected chi connectivity index (χ2v) is 4.53. The van der Waals surface area contributed by atoms with Crippen LogP contribution in [0.25, 0.3) is 0 Å². The number of carbonyl (C=O) groups excluding carboxylic acids is 1. The summed E-state index contributed by atoms with van der Waals surface area (Å²) in [5.41, 5.74) is 0.811. The van der Waals surface area contributed by atoms with Gasteiger partial charge in [-0.2, -0.15) is 0 Å². The van der Waals surface area contributed by atoms with Crippen LogP contribution in [0.4, 0.5) is 4.79 Å². The largest absolute Gasteiger partial charge is 0.481 e. The molecule has 0 aromatic heterocycles. The summed E-state index contributed by atoms with van der Waals surface area (Å²) in [5, 5.41) is 14.5. The second kappa shape index (κ2) is 7.63. The number of amides is 2. The predicted molar refractivity (Wildman–Crippen MR) is 73.2 cm³/mol. The van der Waals surface area contributed by atoms with Gasteiger partial charge in [0.05, 0.1) is 6.42 Å². The Morgan fingerprint density at radius 2 is 2.05 bits per heavy atom. The minimum absolute atomic E-state index is 0.0873. The van der Waals surface area contributed by atoms with E-state index in [1.165, 1.54) is 0 Å². The third-order valence-corrected chi connectivity index (χ3v) is 3.01. The number of urea groups is 1. The predicted octanol–water partition coefficient (Wildman–Crippen LogP) is 2.39. The lowest BCUT2D eigenvalue weighted by atomic mass is 10.1. The molecule has 6 heteroatoms. The molecule has 0 heterocycles. The van der Waals surface area contributed by atoms with Crippen molar-refractivity contribution in [2.45, 2.75) is 32.4 Å². The molecule has 0 radical (unpaired) electrons. The zero-order chi connectivity index (χ0) is 14.3. The Morgan fingerprint density at radius 3 is 2.63 bits per heavy atom. The molecule has 1 atom stereocenters. The quantitative estimate of drug-likeness (QED) is 0.750. The van der Waals surface area contributed by atoms with E-state index in [0.29, 0.717) is 18.0 Å². The van der Waals surface area contributed by atoms with E-state index in [-0.39, 0.29) is 12.5 Å². The molecule has 3 N–H and O–H groups in total. The molecule has 1 unspecified atom stereocenters. The van der Waals surface area contributed by atoms with E-state index in [4.69, 9.17) is 16.7 Å². The molecule has 0 aliphatic rings. The Kier molecular flexibility index (Phi) is 6.15. The van der Waals surface area contributed by atoms with Crippen LogP contribution in [0.2, 0.25) is 5.02 Å². The number of carbonyl (C=O) groups is 2. The van der Waals surface area contributed by atoms with Crippen LogP contribution in [0, 0.1) is 0 Å². The lowest BCUT2D eigenvalue weighted by Crippen LogP contribution is -2.42. The van der Waals surface area contributed by atoms with Gasteiger partial charge < -0.3 is 15.7 Å². The van der Waals surface area contributed by atoms with Crippen molar-refractivity contribution in [3.05, 3.63) is 34.9 Å². The molecule has 19 heavy (non-hydrogen) atoms. The molecule has 104 valence electrons. The molecule has 0 bridgehead atoms. The maximum Gasteiger partial charge on any atom is 0.315 e. The van der Waals surface area contributed by atoms with Crippen molar-refractivity contribution >= 4 is 23.6 Å². The fourth-order valence-corrected chi connectivity index (χ4v) is 1.76. The van der Waals surface area contributed by atoms with Gasteiger partial charge in [0.25, 0.3) is 0 Å². The number of aliphatic carboxylic acids is 1. The van der Waals surface area contributed by atoms with Gasteiger partial charge in [0.2, 0.25) is 0 Å². The molecule has 0 aliphatic heterocycles. The zero-order valence-corrected chi connectivity index (χ0v) is 11.4. The van der Waals surface area contributed by atoms with Crippen molar-refractivity contribution in [1.29, 1.82) is 0 Å². The van der Waals surface area contributed by atoms with Gasteiger partial charge in [0.15, 0.2) is 0 Å². The number of benzene rings is 1. The van der Waals surface area contributed by atoms with Crippen LogP contribution in [0.1, 0.15) is 25.3 Å². The van der Waals surface area contributed by atoms with Crippen LogP contribution in [-0.4, -0.2) is 23.1 Å². The third-order valence-electron chi connectivity index (χ3n) is 2.65. The first kappa shape index (κ1) is 15.3. The maximum absolute atomic E-state index is 11.6. The Balaban J connectivity index is 2.43. The summed E-state index contributed by atoms with van der Waals surface area (Å²) in [6, 6.07) is 6.44. The lowest BCUT2D eigenvalue weighted by molar-refractivity contribution is -0.137. The SMILES string of the molecule is CCC(CC(=O)O)NC(=O)NCc1ccccc1Cl. The first-order chi connectivity index (χ1) is 9.02. The molecule has 0 spiro atoms. The molecular formula is C13H17ClN2O3. The summed E-state index contributed by atoms with van der Waals surface area (Å²) >= 11 is 5.96. The second-order valence-electron chi connectivity index (χ2n) is 4.12. The van der Waals surface area contributed by atoms with Crippen LogP contribution < -0.4 is 10.6 Å². The summed E-state index contributed by atoms with van der Waals surface area (Å²) in [6.07, 6.45) is 0.474. The molecule has 0 saturated carbocycles. The zero-order valence-electron chi connectivity index (χ0n) is 10.6. The first-order valence-corrected chi connectivity index (χ1v) is 6.40. The van der Waals surface area contributed by atoms with Gasteiger partial charge in [0, 0.05) is 17.6 Å². The van der Waals surface area contributed by atoms with E-state index in [2.05, 4.69) is 10.6 Å². The first-order valence-electron chi connectivity index (χ1n) is 6.02. The summed E-state index contributed by atoms with van der Waals surface area (Å²) in [6.45, 7) is 2.12. The number of carboxylic acid groups (broad SMARTS) is 1. The number of carboxylic acids is 1. The fourth-order valence-electron chi connectivity index (χ4n) is 1.56. The van der Waals surface area contributed by atoms with Crippen LogP contribution in [0.5, 0.6) is 0 Å². The average Bonchev–Trinajstić information content (AvgIpc) is 2.36. The van der Waals surface area contributed by atoms with Crippen molar-refractivity contribution in [3.63, 3.8) is 0 Å². The molecule has 5 nitrogen and oxygen atoms in total. The molecule has 2 amide bonds. The number of rotatable bonds is 6. The standard InChI is InChI=1S/C13H17ClN2O3/c1-2-10(7-12(17)18)16-13(19)15-8-9-5-3-4-6-11(9)14/h3-6,10H,2,7-8H2,1H3,(H,17,18)(H2,15,16,19). The van der Waals surface area contributed by atoms with Gasteiger partial charge >= 0.3 is 12.0 Å². The highest BCUT2D eigenvalue weighted by molar-refractivity contribution is 6.31. The summed E-state index contributed by atoms with van der Waals surface area (Å²) in [4.78, 5) is 22.2. The van der Waals surface area contributed by atoms with Crippen LogP contribution in [0.15, 0.2) is 24.3 Å². The van der Waals surface area contributed by atoms with Crippen molar-refractivity contribution in [2.75, 3.05) is 0 Å². The Hall–Kier alpha value is -1.75. The highest BCUT2D eigenvalue weighted by Gasteiger charge is 2.13. The van der Waals surface area contributed by atoms with Crippen molar-refractivity contribution in [1.82, 2.24) is 10.6 Å². The number of halogens is 1. The smallest absolute Gasteiger partial charge is 0.315 e. The summed E-state index contributed by atoms with van der Waals surface area (Å²) in [7, 11) is 0. The molecule has 0 aliphatic carbocycles. The van der Waals surface area contributed by atoms with E-state index in [0.717, 1.165) is 5.56 Å². The number of hydrogen-bond donors (Lipinski definition) is 3. The minimum atomic E-state index is -0.932. The molecule has 1 aromatic rings. The molecule has 1 aromatic carbocycles. The van der Waals surface area contributed by atoms with Crippen molar-refractivity contribution < 1.29 is 14.7 Å². The average molecular weight is 285 g/mol. The van der Waals surface area contributed by atoms with Crippen LogP contribution >= 0.6 is 11.6 Å². The van der Waals surface area contributed by atoms with Crippen LogP contribution in [-0.2, 0) is 11.3 Å². The van der Waals surface area contributed by atoms with Crippen LogP contribution in [0.3, 0.4) is 0 Å². The highest BCUT2D eigenvalue weighted by atomic mass is 35.5. The minimum Gasteiger partial charge on any atom is -0.481 e. The topological polar surface area (TPSA) is 78.4 Å². The van der Waals surface area contributed by atoms with Gasteiger partial charge in [-0.15, -0.1) is 0 Å². The normalized spacial score (nSPS) is 11.7. The van der Waals surface area contributed by atoms with Crippen molar-refractivity contribution in [3.8, 4) is 0 Å². The summed E-state index contributed by atoms with van der Waals surface area (Å²) < 4.78 is 0. The Morgan fingerprint density at radius 1 is 1.37 bits per heavy atom. The fraction of sp³-hybridized carbons (Fsp3) is 0.385. The molecule has 1 rings (SSSR count). The molecule has 0 saturated heterocycles. The van der Waals surface area contributed by atoms with E-state index in [9.17, 15) is 9.59 Å². The highest BCUT2D eigenvalue weighted by Crippen LogP contribution is 2.14. The van der Waals surface area contributed by atoms with Gasteiger partial charge in [-0.05, 0) is 18.1 Å². The summed E-state index contributed by atoms with van der Waals surface area (Å²) in [5.74, 6) is -0.932. The number of nitrogens with one attached hydrogen (secondary N) is 2. The molecular weight excluding hydrogens is 268 g/mol. The van der Waals surface area contributed by atoms with Gasteiger partial charge in [-0.1, -0.05) is 36.7 Å². The maximum atomic E-state index is 11.6. The van der Waals surface area contributed by atoms with E-state index in [1.807, 2.05) is 25.1 Å². The number of hydrogen-bond acceptors (Lipinski definition) is 2. The van der Waals surface area contributed by atoms with E-state index >= 15 is 0 Å². The van der Waals surface area contributed by atoms with E-state index < -0.39 is 12.0 Å². The Labute approximate surface area is 117 Å². The van der Waals surface area contributed by atoms with Gasteiger partial charge in [0.1, 0.15) is 0 Å². The van der Waals surface area contributed by atoms with Crippen molar-refractivity contribution in [2.24, 2.45) is 0 Å². The van der Waals surface area contributed by atoms with E-state index in [1.54, 1.807) is 6.07 Å². The molecule has 0 fully saturated rings. The lowest BCUT2D eigenvalue weighted by Gasteiger charge is -2.15. The third kappa shape index (κ3) is 5.61. The Bertz CT molecular complexity index is 451. The van der Waals surface area contributed by atoms with Gasteiger partial charge in [-0.3, -0.25) is 4.79 Å². The monoisotopic (exact) mass is 284 g/mol.